The SMILES string of the molecule is Cc1ccc(CN)c(N2CCCC(C)(C)C2)c1. The molecule has 0 saturated carbocycles. The minimum absolute atomic E-state index is 0.424. The van der Waals surface area contributed by atoms with Crippen molar-refractivity contribution in [1.82, 2.24) is 0 Å². The summed E-state index contributed by atoms with van der Waals surface area (Å²) in [4.78, 5) is 2.51. The molecule has 0 amide bonds. The lowest BCUT2D eigenvalue weighted by molar-refractivity contribution is 0.293. The maximum atomic E-state index is 5.85. The van der Waals surface area contributed by atoms with Gasteiger partial charge in [-0.3, -0.25) is 0 Å². The van der Waals surface area contributed by atoms with Crippen molar-refractivity contribution < 1.29 is 0 Å². The Morgan fingerprint density at radius 3 is 2.76 bits per heavy atom. The Labute approximate surface area is 105 Å². The van der Waals surface area contributed by atoms with Crippen molar-refractivity contribution in [2.75, 3.05) is 18.0 Å². The number of anilines is 1. The molecule has 2 N–H and O–H groups in total. The van der Waals surface area contributed by atoms with Crippen LogP contribution < -0.4 is 10.6 Å². The summed E-state index contributed by atoms with van der Waals surface area (Å²) >= 11 is 0. The highest BCUT2D eigenvalue weighted by Gasteiger charge is 2.27. The molecule has 1 aliphatic heterocycles. The standard InChI is InChI=1S/C15H24N2/c1-12-5-6-13(10-16)14(9-12)17-8-4-7-15(2,3)11-17/h5-6,9H,4,7-8,10-11,16H2,1-3H3. The summed E-state index contributed by atoms with van der Waals surface area (Å²) in [5, 5.41) is 0. The van der Waals surface area contributed by atoms with Crippen molar-refractivity contribution in [3.63, 3.8) is 0 Å². The van der Waals surface area contributed by atoms with Crippen molar-refractivity contribution in [2.24, 2.45) is 11.1 Å². The second-order valence-corrected chi connectivity index (χ2v) is 6.03. The molecule has 0 aromatic heterocycles. The van der Waals surface area contributed by atoms with Gasteiger partial charge in [0, 0.05) is 25.3 Å². The van der Waals surface area contributed by atoms with E-state index in [0.29, 0.717) is 12.0 Å². The fourth-order valence-corrected chi connectivity index (χ4v) is 2.77. The van der Waals surface area contributed by atoms with E-state index in [1.54, 1.807) is 0 Å². The Morgan fingerprint density at radius 2 is 2.12 bits per heavy atom. The van der Waals surface area contributed by atoms with Gasteiger partial charge >= 0.3 is 0 Å². The first kappa shape index (κ1) is 12.4. The van der Waals surface area contributed by atoms with Gasteiger partial charge in [0.15, 0.2) is 0 Å². The zero-order valence-electron chi connectivity index (χ0n) is 11.3. The first-order chi connectivity index (χ1) is 8.02. The van der Waals surface area contributed by atoms with Crippen molar-refractivity contribution in [3.8, 4) is 0 Å². The van der Waals surface area contributed by atoms with E-state index in [1.165, 1.54) is 36.2 Å². The number of nitrogens with zero attached hydrogens (tertiary/aromatic N) is 1. The normalized spacial score (nSPS) is 19.4. The molecule has 2 rings (SSSR count). The van der Waals surface area contributed by atoms with Crippen LogP contribution in [0.1, 0.15) is 37.8 Å². The third-order valence-corrected chi connectivity index (χ3v) is 3.70. The van der Waals surface area contributed by atoms with E-state index in [1.807, 2.05) is 0 Å². The predicted octanol–water partition coefficient (Wildman–Crippen LogP) is 3.08. The van der Waals surface area contributed by atoms with Gasteiger partial charge in [0.1, 0.15) is 0 Å². The third kappa shape index (κ3) is 2.81. The number of nitrogens with two attached hydrogens (primary N) is 1. The van der Waals surface area contributed by atoms with Gasteiger partial charge in [0.2, 0.25) is 0 Å². The molecule has 0 unspecified atom stereocenters. The maximum absolute atomic E-state index is 5.85. The number of piperidine rings is 1. The Balaban J connectivity index is 2.29. The van der Waals surface area contributed by atoms with Crippen LogP contribution in [-0.4, -0.2) is 13.1 Å². The van der Waals surface area contributed by atoms with E-state index in [0.717, 1.165) is 6.54 Å². The summed E-state index contributed by atoms with van der Waals surface area (Å²) in [5.74, 6) is 0. The van der Waals surface area contributed by atoms with Crippen molar-refractivity contribution in [1.29, 1.82) is 0 Å². The van der Waals surface area contributed by atoms with Gasteiger partial charge < -0.3 is 10.6 Å². The van der Waals surface area contributed by atoms with Crippen LogP contribution in [0.15, 0.2) is 18.2 Å². The number of rotatable bonds is 2. The highest BCUT2D eigenvalue weighted by molar-refractivity contribution is 5.56. The van der Waals surface area contributed by atoms with Crippen LogP contribution in [0.4, 0.5) is 5.69 Å². The number of benzene rings is 1. The van der Waals surface area contributed by atoms with E-state index in [-0.39, 0.29) is 0 Å². The molecule has 2 heteroatoms. The molecular formula is C15H24N2. The molecule has 0 radical (unpaired) electrons. The van der Waals surface area contributed by atoms with Crippen LogP contribution in [0.25, 0.3) is 0 Å². The molecule has 1 fully saturated rings. The second kappa shape index (κ2) is 4.69. The van der Waals surface area contributed by atoms with E-state index >= 15 is 0 Å². The molecule has 0 atom stereocenters. The molecular weight excluding hydrogens is 208 g/mol. The molecule has 0 spiro atoms. The van der Waals surface area contributed by atoms with Crippen LogP contribution in [0, 0.1) is 12.3 Å². The lowest BCUT2D eigenvalue weighted by atomic mass is 9.83. The van der Waals surface area contributed by atoms with E-state index in [9.17, 15) is 0 Å². The molecule has 17 heavy (non-hydrogen) atoms. The molecule has 1 aromatic rings. The first-order valence-electron chi connectivity index (χ1n) is 6.56. The Morgan fingerprint density at radius 1 is 1.35 bits per heavy atom. The highest BCUT2D eigenvalue weighted by Crippen LogP contribution is 2.33. The van der Waals surface area contributed by atoms with Gasteiger partial charge in [-0.25, -0.2) is 0 Å². The molecule has 1 aliphatic rings. The van der Waals surface area contributed by atoms with Gasteiger partial charge in [-0.05, 0) is 42.4 Å². The minimum Gasteiger partial charge on any atom is -0.371 e. The van der Waals surface area contributed by atoms with Crippen LogP contribution in [0.5, 0.6) is 0 Å². The quantitative estimate of drug-likeness (QED) is 0.849. The summed E-state index contributed by atoms with van der Waals surface area (Å²) < 4.78 is 0. The average Bonchev–Trinajstić information content (AvgIpc) is 2.27. The number of hydrogen-bond donors (Lipinski definition) is 1. The van der Waals surface area contributed by atoms with E-state index in [4.69, 9.17) is 5.73 Å². The van der Waals surface area contributed by atoms with Gasteiger partial charge in [0.05, 0.1) is 0 Å². The Kier molecular flexibility index (Phi) is 3.43. The second-order valence-electron chi connectivity index (χ2n) is 6.03. The predicted molar refractivity (Wildman–Crippen MR) is 74.3 cm³/mol. The summed E-state index contributed by atoms with van der Waals surface area (Å²) in [7, 11) is 0. The monoisotopic (exact) mass is 232 g/mol. The maximum Gasteiger partial charge on any atom is 0.0414 e. The smallest absolute Gasteiger partial charge is 0.0414 e. The summed E-state index contributed by atoms with van der Waals surface area (Å²) in [6, 6.07) is 6.61. The zero-order chi connectivity index (χ0) is 12.5. The molecule has 1 aromatic carbocycles. The molecule has 0 aliphatic carbocycles. The summed E-state index contributed by atoms with van der Waals surface area (Å²) in [5.41, 5.74) is 10.2. The third-order valence-electron chi connectivity index (χ3n) is 3.70. The van der Waals surface area contributed by atoms with Gasteiger partial charge in [-0.2, -0.15) is 0 Å². The van der Waals surface area contributed by atoms with Crippen molar-refractivity contribution >= 4 is 5.69 Å². The van der Waals surface area contributed by atoms with E-state index < -0.39 is 0 Å². The number of aryl methyl sites for hydroxylation is 1. The molecule has 0 bridgehead atoms. The highest BCUT2D eigenvalue weighted by atomic mass is 15.1. The van der Waals surface area contributed by atoms with E-state index in [2.05, 4.69) is 43.9 Å². The molecule has 1 heterocycles. The topological polar surface area (TPSA) is 29.3 Å². The fraction of sp³-hybridized carbons (Fsp3) is 0.600. The van der Waals surface area contributed by atoms with Gasteiger partial charge in [-0.15, -0.1) is 0 Å². The van der Waals surface area contributed by atoms with Crippen LogP contribution >= 0.6 is 0 Å². The first-order valence-corrected chi connectivity index (χ1v) is 6.56. The number of hydrogen-bond acceptors (Lipinski definition) is 2. The summed E-state index contributed by atoms with van der Waals surface area (Å²) in [6.07, 6.45) is 2.61. The molecule has 94 valence electrons. The molecule has 1 saturated heterocycles. The lowest BCUT2D eigenvalue weighted by Crippen LogP contribution is -2.40. The zero-order valence-corrected chi connectivity index (χ0v) is 11.3. The van der Waals surface area contributed by atoms with Gasteiger partial charge in [0.25, 0.3) is 0 Å². The lowest BCUT2D eigenvalue weighted by Gasteiger charge is -2.40. The Bertz CT molecular complexity index is 396. The van der Waals surface area contributed by atoms with Crippen molar-refractivity contribution in [2.45, 2.75) is 40.2 Å². The minimum atomic E-state index is 0.424. The Hall–Kier alpha value is -1.02. The summed E-state index contributed by atoms with van der Waals surface area (Å²) in [6.45, 7) is 9.81. The largest absolute Gasteiger partial charge is 0.371 e. The average molecular weight is 232 g/mol. The van der Waals surface area contributed by atoms with Gasteiger partial charge in [-0.1, -0.05) is 26.0 Å². The molecule has 2 nitrogen and oxygen atoms in total. The van der Waals surface area contributed by atoms with Crippen molar-refractivity contribution in [3.05, 3.63) is 29.3 Å². The fourth-order valence-electron chi connectivity index (χ4n) is 2.77. The van der Waals surface area contributed by atoms with Crippen LogP contribution in [0.2, 0.25) is 0 Å². The van der Waals surface area contributed by atoms with Crippen LogP contribution in [0.3, 0.4) is 0 Å². The van der Waals surface area contributed by atoms with Crippen LogP contribution in [-0.2, 0) is 6.54 Å².